The van der Waals surface area contributed by atoms with E-state index in [4.69, 9.17) is 14.7 Å². The molecule has 170 valence electrons. The van der Waals surface area contributed by atoms with Crippen LogP contribution in [-0.2, 0) is 22.6 Å². The van der Waals surface area contributed by atoms with Crippen LogP contribution in [0.25, 0.3) is 11.4 Å². The van der Waals surface area contributed by atoms with Crippen LogP contribution >= 0.6 is 0 Å². The van der Waals surface area contributed by atoms with Crippen LogP contribution in [0.1, 0.15) is 37.9 Å². The highest BCUT2D eigenvalue weighted by atomic mass is 16.5. The molecule has 0 bridgehead atoms. The number of urea groups is 1. The van der Waals surface area contributed by atoms with Gasteiger partial charge in [-0.2, -0.15) is 0 Å². The van der Waals surface area contributed by atoms with Crippen LogP contribution in [0.2, 0.25) is 0 Å². The lowest BCUT2D eigenvalue weighted by molar-refractivity contribution is -0.131. The SMILES string of the molecule is CCCC(=O)N1Cc2nc(-c3ccc(NC(=O)NCC)cc3)nc(N3CCOCC3)c2C1. The van der Waals surface area contributed by atoms with Crippen molar-refractivity contribution in [2.75, 3.05) is 43.1 Å². The Morgan fingerprint density at radius 3 is 2.50 bits per heavy atom. The molecule has 0 saturated carbocycles. The van der Waals surface area contributed by atoms with Gasteiger partial charge in [-0.15, -0.1) is 0 Å². The lowest BCUT2D eigenvalue weighted by atomic mass is 10.1. The Balaban J connectivity index is 1.63. The first-order chi connectivity index (χ1) is 15.6. The third-order valence-electron chi connectivity index (χ3n) is 5.63. The lowest BCUT2D eigenvalue weighted by Crippen LogP contribution is -2.37. The lowest BCUT2D eigenvalue weighted by Gasteiger charge is -2.29. The smallest absolute Gasteiger partial charge is 0.319 e. The molecule has 0 unspecified atom stereocenters. The van der Waals surface area contributed by atoms with E-state index in [9.17, 15) is 9.59 Å². The maximum atomic E-state index is 12.5. The topological polar surface area (TPSA) is 99.7 Å². The number of fused-ring (bicyclic) bond motifs is 1. The molecule has 1 saturated heterocycles. The van der Waals surface area contributed by atoms with Gasteiger partial charge in [-0.3, -0.25) is 4.79 Å². The number of carbonyl (C=O) groups is 2. The number of benzene rings is 1. The zero-order chi connectivity index (χ0) is 22.5. The monoisotopic (exact) mass is 438 g/mol. The Bertz CT molecular complexity index is 972. The number of aromatic nitrogens is 2. The predicted molar refractivity (Wildman–Crippen MR) is 122 cm³/mol. The van der Waals surface area contributed by atoms with Crippen molar-refractivity contribution in [1.29, 1.82) is 0 Å². The highest BCUT2D eigenvalue weighted by Crippen LogP contribution is 2.33. The summed E-state index contributed by atoms with van der Waals surface area (Å²) in [7, 11) is 0. The van der Waals surface area contributed by atoms with E-state index in [1.807, 2.05) is 43.0 Å². The number of nitrogens with zero attached hydrogens (tertiary/aromatic N) is 4. The molecule has 4 rings (SSSR count). The van der Waals surface area contributed by atoms with E-state index in [0.29, 0.717) is 50.8 Å². The second-order valence-corrected chi connectivity index (χ2v) is 7.96. The molecule has 1 aromatic heterocycles. The number of rotatable bonds is 6. The van der Waals surface area contributed by atoms with E-state index in [2.05, 4.69) is 15.5 Å². The predicted octanol–water partition coefficient (Wildman–Crippen LogP) is 2.76. The number of hydrogen-bond donors (Lipinski definition) is 2. The summed E-state index contributed by atoms with van der Waals surface area (Å²) >= 11 is 0. The van der Waals surface area contributed by atoms with Gasteiger partial charge >= 0.3 is 6.03 Å². The summed E-state index contributed by atoms with van der Waals surface area (Å²) in [5, 5.41) is 5.51. The fraction of sp³-hybridized carbons (Fsp3) is 0.478. The molecule has 0 radical (unpaired) electrons. The van der Waals surface area contributed by atoms with Crippen LogP contribution in [0.15, 0.2) is 24.3 Å². The van der Waals surface area contributed by atoms with Gasteiger partial charge in [-0.05, 0) is 37.6 Å². The van der Waals surface area contributed by atoms with Crippen molar-refractivity contribution in [3.05, 3.63) is 35.5 Å². The Morgan fingerprint density at radius 2 is 1.81 bits per heavy atom. The zero-order valence-electron chi connectivity index (χ0n) is 18.7. The highest BCUT2D eigenvalue weighted by Gasteiger charge is 2.30. The number of hydrogen-bond acceptors (Lipinski definition) is 6. The molecular weight excluding hydrogens is 408 g/mol. The van der Waals surface area contributed by atoms with E-state index in [1.165, 1.54) is 0 Å². The fourth-order valence-corrected chi connectivity index (χ4v) is 3.99. The Labute approximate surface area is 188 Å². The van der Waals surface area contributed by atoms with Crippen molar-refractivity contribution < 1.29 is 14.3 Å². The van der Waals surface area contributed by atoms with Gasteiger partial charge in [-0.1, -0.05) is 6.92 Å². The van der Waals surface area contributed by atoms with E-state index < -0.39 is 0 Å². The maximum Gasteiger partial charge on any atom is 0.319 e. The summed E-state index contributed by atoms with van der Waals surface area (Å²) in [4.78, 5) is 38.1. The van der Waals surface area contributed by atoms with Gasteiger partial charge in [0.2, 0.25) is 5.91 Å². The molecule has 9 heteroatoms. The molecule has 0 spiro atoms. The molecular formula is C23H30N6O3. The number of nitrogens with one attached hydrogen (secondary N) is 2. The first-order valence-corrected chi connectivity index (χ1v) is 11.2. The molecule has 2 aromatic rings. The number of carbonyl (C=O) groups excluding carboxylic acids is 2. The minimum Gasteiger partial charge on any atom is -0.378 e. The molecule has 1 aromatic carbocycles. The molecule has 0 aliphatic carbocycles. The molecule has 2 N–H and O–H groups in total. The third kappa shape index (κ3) is 4.83. The standard InChI is InChI=1S/C23H30N6O3/c1-3-5-20(30)29-14-18-19(15-29)26-21(27-22(18)28-10-12-32-13-11-28)16-6-8-17(9-7-16)25-23(31)24-4-2/h6-9H,3-5,10-15H2,1-2H3,(H2,24,25,31). The van der Waals surface area contributed by atoms with Gasteiger partial charge in [0.15, 0.2) is 5.82 Å². The second-order valence-electron chi connectivity index (χ2n) is 7.96. The normalized spacial score (nSPS) is 15.4. The molecule has 2 aliphatic rings. The van der Waals surface area contributed by atoms with Gasteiger partial charge in [-0.25, -0.2) is 14.8 Å². The summed E-state index contributed by atoms with van der Waals surface area (Å²) in [6, 6.07) is 7.25. The van der Waals surface area contributed by atoms with Crippen LogP contribution in [-0.4, -0.2) is 59.7 Å². The second kappa shape index (κ2) is 9.95. The molecule has 9 nitrogen and oxygen atoms in total. The molecule has 3 heterocycles. The molecule has 1 fully saturated rings. The van der Waals surface area contributed by atoms with E-state index in [0.717, 1.165) is 42.1 Å². The van der Waals surface area contributed by atoms with E-state index in [1.54, 1.807) is 0 Å². The van der Waals surface area contributed by atoms with Crippen LogP contribution in [0.3, 0.4) is 0 Å². The van der Waals surface area contributed by atoms with Crippen molar-refractivity contribution in [3.63, 3.8) is 0 Å². The van der Waals surface area contributed by atoms with Crippen molar-refractivity contribution in [2.24, 2.45) is 0 Å². The summed E-state index contributed by atoms with van der Waals surface area (Å²) in [5.74, 6) is 1.67. The summed E-state index contributed by atoms with van der Waals surface area (Å²) in [6.07, 6.45) is 1.37. The van der Waals surface area contributed by atoms with Gasteiger partial charge in [0.25, 0.3) is 0 Å². The minimum absolute atomic E-state index is 0.153. The summed E-state index contributed by atoms with van der Waals surface area (Å²) in [6.45, 7) is 8.37. The van der Waals surface area contributed by atoms with Crippen LogP contribution < -0.4 is 15.5 Å². The fourth-order valence-electron chi connectivity index (χ4n) is 3.99. The van der Waals surface area contributed by atoms with Crippen molar-refractivity contribution in [1.82, 2.24) is 20.2 Å². The first kappa shape index (κ1) is 22.0. The van der Waals surface area contributed by atoms with Crippen molar-refractivity contribution in [2.45, 2.75) is 39.8 Å². The third-order valence-corrected chi connectivity index (χ3v) is 5.63. The Hall–Kier alpha value is -3.20. The molecule has 32 heavy (non-hydrogen) atoms. The number of amides is 3. The Morgan fingerprint density at radius 1 is 1.06 bits per heavy atom. The van der Waals surface area contributed by atoms with Gasteiger partial charge < -0.3 is 25.2 Å². The van der Waals surface area contributed by atoms with Crippen LogP contribution in [0, 0.1) is 0 Å². The average molecular weight is 439 g/mol. The number of anilines is 2. The largest absolute Gasteiger partial charge is 0.378 e. The minimum atomic E-state index is -0.236. The van der Waals surface area contributed by atoms with Crippen LogP contribution in [0.5, 0.6) is 0 Å². The number of ether oxygens (including phenoxy) is 1. The van der Waals surface area contributed by atoms with E-state index >= 15 is 0 Å². The van der Waals surface area contributed by atoms with Gasteiger partial charge in [0.1, 0.15) is 5.82 Å². The first-order valence-electron chi connectivity index (χ1n) is 11.2. The Kier molecular flexibility index (Phi) is 6.84. The van der Waals surface area contributed by atoms with Crippen molar-refractivity contribution >= 4 is 23.4 Å². The maximum absolute atomic E-state index is 12.5. The molecule has 3 amide bonds. The zero-order valence-corrected chi connectivity index (χ0v) is 18.7. The van der Waals surface area contributed by atoms with Crippen LogP contribution in [0.4, 0.5) is 16.3 Å². The summed E-state index contributed by atoms with van der Waals surface area (Å²) < 4.78 is 5.52. The summed E-state index contributed by atoms with van der Waals surface area (Å²) in [5.41, 5.74) is 3.51. The van der Waals surface area contributed by atoms with Crippen molar-refractivity contribution in [3.8, 4) is 11.4 Å². The average Bonchev–Trinajstić information content (AvgIpc) is 3.24. The number of morpholine rings is 1. The molecule has 0 atom stereocenters. The van der Waals surface area contributed by atoms with E-state index in [-0.39, 0.29) is 11.9 Å². The molecule has 2 aliphatic heterocycles. The highest BCUT2D eigenvalue weighted by molar-refractivity contribution is 5.89. The quantitative estimate of drug-likeness (QED) is 0.720. The van der Waals surface area contributed by atoms with Gasteiger partial charge in [0, 0.05) is 42.9 Å². The van der Waals surface area contributed by atoms with Gasteiger partial charge in [0.05, 0.1) is 32.0 Å².